The molecule has 0 bridgehead atoms. The zero-order chi connectivity index (χ0) is 15.7. The Bertz CT molecular complexity index is 987. The minimum Gasteiger partial charge on any atom is -0.462 e. The highest BCUT2D eigenvalue weighted by atomic mass is 16.5. The predicted octanol–water partition coefficient (Wildman–Crippen LogP) is 3.51. The largest absolute Gasteiger partial charge is 0.462 e. The van der Waals surface area contributed by atoms with Crippen molar-refractivity contribution in [2.24, 2.45) is 0 Å². The van der Waals surface area contributed by atoms with Crippen molar-refractivity contribution < 1.29 is 13.9 Å². The molecule has 3 aromatic rings. The van der Waals surface area contributed by atoms with Crippen molar-refractivity contribution in [1.29, 1.82) is 10.5 Å². The van der Waals surface area contributed by atoms with Gasteiger partial charge in [0.05, 0.1) is 17.7 Å². The van der Waals surface area contributed by atoms with E-state index in [1.807, 2.05) is 12.1 Å². The van der Waals surface area contributed by atoms with Gasteiger partial charge < -0.3 is 9.15 Å². The van der Waals surface area contributed by atoms with Gasteiger partial charge in [-0.25, -0.2) is 4.79 Å². The van der Waals surface area contributed by atoms with Crippen molar-refractivity contribution in [3.63, 3.8) is 0 Å². The van der Waals surface area contributed by atoms with Crippen molar-refractivity contribution in [3.8, 4) is 12.1 Å². The Balaban J connectivity index is 2.42. The summed E-state index contributed by atoms with van der Waals surface area (Å²) in [5.74, 6) is -0.480. The van der Waals surface area contributed by atoms with E-state index in [2.05, 4.69) is 0 Å². The first-order valence-corrected chi connectivity index (χ1v) is 6.66. The highest BCUT2D eigenvalue weighted by Gasteiger charge is 2.19. The number of nitrogens with zero attached hydrogens (tertiary/aromatic N) is 2. The Kier molecular flexibility index (Phi) is 3.25. The lowest BCUT2D eigenvalue weighted by Crippen LogP contribution is -2.04. The summed E-state index contributed by atoms with van der Waals surface area (Å²) in [5, 5.41) is 19.6. The molecular weight excluding hydrogens is 280 g/mol. The number of hydrogen-bond acceptors (Lipinski definition) is 5. The van der Waals surface area contributed by atoms with Crippen molar-refractivity contribution in [2.45, 2.75) is 6.92 Å². The summed E-state index contributed by atoms with van der Waals surface area (Å²) in [5.41, 5.74) is 1.65. The van der Waals surface area contributed by atoms with E-state index in [0.29, 0.717) is 27.5 Å². The average molecular weight is 290 g/mol. The first kappa shape index (κ1) is 13.7. The molecule has 0 unspecified atom stereocenters. The SMILES string of the molecule is CCOC(=O)c1cccc2c1oc1ccc(C#N)c(C#N)c12. The summed E-state index contributed by atoms with van der Waals surface area (Å²) in [7, 11) is 0. The van der Waals surface area contributed by atoms with Gasteiger partial charge in [-0.3, -0.25) is 0 Å². The van der Waals surface area contributed by atoms with E-state index in [1.54, 1.807) is 31.2 Å². The van der Waals surface area contributed by atoms with Crippen LogP contribution in [0.2, 0.25) is 0 Å². The molecule has 3 rings (SSSR count). The summed E-state index contributed by atoms with van der Waals surface area (Å²) in [6, 6.07) is 12.3. The Morgan fingerprint density at radius 3 is 2.73 bits per heavy atom. The molecule has 0 atom stereocenters. The van der Waals surface area contributed by atoms with Crippen LogP contribution in [0, 0.1) is 22.7 Å². The highest BCUT2D eigenvalue weighted by molar-refractivity contribution is 6.14. The first-order valence-electron chi connectivity index (χ1n) is 6.66. The second kappa shape index (κ2) is 5.23. The number of carbonyl (C=O) groups is 1. The molecule has 0 radical (unpaired) electrons. The van der Waals surface area contributed by atoms with Crippen molar-refractivity contribution in [1.82, 2.24) is 0 Å². The lowest BCUT2D eigenvalue weighted by Gasteiger charge is -2.01. The fourth-order valence-corrected chi connectivity index (χ4v) is 2.47. The van der Waals surface area contributed by atoms with Crippen LogP contribution in [-0.2, 0) is 4.74 Å². The lowest BCUT2D eigenvalue weighted by molar-refractivity contribution is 0.0527. The van der Waals surface area contributed by atoms with E-state index in [4.69, 9.17) is 14.4 Å². The molecule has 0 spiro atoms. The molecule has 0 aliphatic carbocycles. The third-order valence-electron chi connectivity index (χ3n) is 3.39. The van der Waals surface area contributed by atoms with Gasteiger partial charge in [0.1, 0.15) is 28.9 Å². The molecule has 0 fully saturated rings. The van der Waals surface area contributed by atoms with Crippen molar-refractivity contribution >= 4 is 27.9 Å². The van der Waals surface area contributed by atoms with E-state index in [-0.39, 0.29) is 17.7 Å². The van der Waals surface area contributed by atoms with Gasteiger partial charge in [-0.15, -0.1) is 0 Å². The Labute approximate surface area is 125 Å². The van der Waals surface area contributed by atoms with E-state index < -0.39 is 5.97 Å². The summed E-state index contributed by atoms with van der Waals surface area (Å²) < 4.78 is 10.7. The molecule has 106 valence electrons. The third-order valence-corrected chi connectivity index (χ3v) is 3.39. The summed E-state index contributed by atoms with van der Waals surface area (Å²) in [6.45, 7) is 1.99. The maximum atomic E-state index is 12.0. The Morgan fingerprint density at radius 1 is 1.23 bits per heavy atom. The fourth-order valence-electron chi connectivity index (χ4n) is 2.47. The van der Waals surface area contributed by atoms with E-state index in [0.717, 1.165) is 0 Å². The number of rotatable bonds is 2. The molecule has 22 heavy (non-hydrogen) atoms. The van der Waals surface area contributed by atoms with Crippen LogP contribution >= 0.6 is 0 Å². The molecule has 1 heterocycles. The van der Waals surface area contributed by atoms with Crippen molar-refractivity contribution in [2.75, 3.05) is 6.61 Å². The highest BCUT2D eigenvalue weighted by Crippen LogP contribution is 2.34. The number of fused-ring (bicyclic) bond motifs is 3. The Morgan fingerprint density at radius 2 is 2.05 bits per heavy atom. The molecule has 2 aromatic carbocycles. The zero-order valence-electron chi connectivity index (χ0n) is 11.7. The van der Waals surface area contributed by atoms with E-state index >= 15 is 0 Å². The third kappa shape index (κ3) is 1.88. The monoisotopic (exact) mass is 290 g/mol. The standard InChI is InChI=1S/C17H10N2O3/c1-2-21-17(20)12-5-3-4-11-15-13(9-19)10(8-18)6-7-14(15)22-16(11)12/h3-7H,2H2,1H3. The van der Waals surface area contributed by atoms with Crippen LogP contribution in [0.15, 0.2) is 34.7 Å². The number of furan rings is 1. The van der Waals surface area contributed by atoms with Gasteiger partial charge in [-0.1, -0.05) is 12.1 Å². The topological polar surface area (TPSA) is 87.0 Å². The van der Waals surface area contributed by atoms with Gasteiger partial charge in [0.15, 0.2) is 0 Å². The fraction of sp³-hybridized carbons (Fsp3) is 0.118. The summed E-state index contributed by atoms with van der Waals surface area (Å²) >= 11 is 0. The molecule has 5 heteroatoms. The van der Waals surface area contributed by atoms with Gasteiger partial charge in [-0.05, 0) is 25.1 Å². The first-order chi connectivity index (χ1) is 10.7. The molecule has 0 amide bonds. The van der Waals surface area contributed by atoms with Crippen LogP contribution in [0.4, 0.5) is 0 Å². The van der Waals surface area contributed by atoms with Crippen molar-refractivity contribution in [3.05, 3.63) is 47.0 Å². The number of para-hydroxylation sites is 1. The maximum Gasteiger partial charge on any atom is 0.341 e. The molecule has 1 aromatic heterocycles. The maximum absolute atomic E-state index is 12.0. The number of benzene rings is 2. The van der Waals surface area contributed by atoms with Gasteiger partial charge in [-0.2, -0.15) is 10.5 Å². The van der Waals surface area contributed by atoms with Crippen LogP contribution in [-0.4, -0.2) is 12.6 Å². The van der Waals surface area contributed by atoms with Crippen LogP contribution in [0.25, 0.3) is 21.9 Å². The molecule has 0 aliphatic heterocycles. The van der Waals surface area contributed by atoms with Gasteiger partial charge in [0, 0.05) is 10.8 Å². The van der Waals surface area contributed by atoms with Crippen LogP contribution in [0.3, 0.4) is 0 Å². The zero-order valence-corrected chi connectivity index (χ0v) is 11.7. The molecule has 0 aliphatic rings. The smallest absolute Gasteiger partial charge is 0.341 e. The van der Waals surface area contributed by atoms with E-state index in [9.17, 15) is 10.1 Å². The lowest BCUT2D eigenvalue weighted by atomic mass is 10.0. The van der Waals surface area contributed by atoms with Crippen LogP contribution in [0.1, 0.15) is 28.4 Å². The number of ether oxygens (including phenoxy) is 1. The quantitative estimate of drug-likeness (QED) is 0.674. The van der Waals surface area contributed by atoms with E-state index in [1.165, 1.54) is 6.07 Å². The predicted molar refractivity (Wildman–Crippen MR) is 79.1 cm³/mol. The molecule has 0 saturated heterocycles. The molecule has 5 nitrogen and oxygen atoms in total. The van der Waals surface area contributed by atoms with Gasteiger partial charge >= 0.3 is 5.97 Å². The number of esters is 1. The molecule has 0 N–H and O–H groups in total. The number of nitriles is 2. The average Bonchev–Trinajstić information content (AvgIpc) is 2.92. The normalized spacial score (nSPS) is 10.3. The summed E-state index contributed by atoms with van der Waals surface area (Å²) in [6.07, 6.45) is 0. The van der Waals surface area contributed by atoms with Gasteiger partial charge in [0.2, 0.25) is 0 Å². The second-order valence-corrected chi connectivity index (χ2v) is 4.59. The minimum atomic E-state index is -0.480. The molecule has 0 saturated carbocycles. The second-order valence-electron chi connectivity index (χ2n) is 4.59. The van der Waals surface area contributed by atoms with Crippen LogP contribution < -0.4 is 0 Å². The summed E-state index contributed by atoms with van der Waals surface area (Å²) in [4.78, 5) is 12.0. The van der Waals surface area contributed by atoms with Gasteiger partial charge in [0.25, 0.3) is 0 Å². The number of carbonyl (C=O) groups excluding carboxylic acids is 1. The Hall–Kier alpha value is -3.31. The number of hydrogen-bond donors (Lipinski definition) is 0. The molecular formula is C17H10N2O3. The van der Waals surface area contributed by atoms with Crippen LogP contribution in [0.5, 0.6) is 0 Å². The minimum absolute atomic E-state index is 0.250.